The van der Waals surface area contributed by atoms with Gasteiger partial charge in [-0.15, -0.1) is 0 Å². The first kappa shape index (κ1) is 13.8. The van der Waals surface area contributed by atoms with Crippen molar-refractivity contribution in [3.63, 3.8) is 0 Å². The summed E-state index contributed by atoms with van der Waals surface area (Å²) in [6, 6.07) is 17.9. The molecule has 3 heteroatoms. The minimum Gasteiger partial charge on any atom is -0.388 e. The standard InChI is InChI=1S/C18H20N2O/c1-3-14(17(21)13-9-5-4-6-10-13)18-19-15-11-7-8-12-16(15)20(18)2/h4-12,14,17,21H,3H2,1-2H3/t14-,17+/m1/s1. The summed E-state index contributed by atoms with van der Waals surface area (Å²) in [5.41, 5.74) is 3.02. The van der Waals surface area contributed by atoms with Gasteiger partial charge in [0.25, 0.3) is 0 Å². The molecule has 3 rings (SSSR count). The number of aromatic nitrogens is 2. The first-order valence-electron chi connectivity index (χ1n) is 7.36. The Labute approximate surface area is 124 Å². The van der Waals surface area contributed by atoms with Gasteiger partial charge in [-0.2, -0.15) is 0 Å². The number of aryl methyl sites for hydroxylation is 1. The number of aliphatic hydroxyl groups is 1. The molecule has 0 spiro atoms. The molecular formula is C18H20N2O. The van der Waals surface area contributed by atoms with Crippen LogP contribution in [0.3, 0.4) is 0 Å². The Bertz CT molecular complexity index is 733. The van der Waals surface area contributed by atoms with E-state index in [1.165, 1.54) is 0 Å². The predicted octanol–water partition coefficient (Wildman–Crippen LogP) is 3.80. The van der Waals surface area contributed by atoms with Gasteiger partial charge in [-0.1, -0.05) is 49.4 Å². The molecular weight excluding hydrogens is 260 g/mol. The first-order chi connectivity index (χ1) is 10.2. The van der Waals surface area contributed by atoms with Crippen LogP contribution >= 0.6 is 0 Å². The molecule has 21 heavy (non-hydrogen) atoms. The van der Waals surface area contributed by atoms with Crippen molar-refractivity contribution in [1.82, 2.24) is 9.55 Å². The highest BCUT2D eigenvalue weighted by atomic mass is 16.3. The van der Waals surface area contributed by atoms with E-state index >= 15 is 0 Å². The molecule has 1 N–H and O–H groups in total. The zero-order valence-electron chi connectivity index (χ0n) is 12.4. The molecule has 0 aliphatic carbocycles. The van der Waals surface area contributed by atoms with E-state index in [9.17, 15) is 5.11 Å². The summed E-state index contributed by atoms with van der Waals surface area (Å²) in [4.78, 5) is 4.73. The van der Waals surface area contributed by atoms with Crippen molar-refractivity contribution in [1.29, 1.82) is 0 Å². The van der Waals surface area contributed by atoms with Crippen molar-refractivity contribution in [3.05, 3.63) is 66.0 Å². The van der Waals surface area contributed by atoms with Gasteiger partial charge >= 0.3 is 0 Å². The van der Waals surface area contributed by atoms with Crippen LogP contribution in [0.15, 0.2) is 54.6 Å². The number of fused-ring (bicyclic) bond motifs is 1. The number of hydrogen-bond acceptors (Lipinski definition) is 2. The van der Waals surface area contributed by atoms with Gasteiger partial charge in [0.2, 0.25) is 0 Å². The van der Waals surface area contributed by atoms with E-state index in [0.29, 0.717) is 0 Å². The summed E-state index contributed by atoms with van der Waals surface area (Å²) in [6.07, 6.45) is 0.305. The summed E-state index contributed by atoms with van der Waals surface area (Å²) in [6.45, 7) is 2.09. The van der Waals surface area contributed by atoms with Crippen LogP contribution in [-0.2, 0) is 7.05 Å². The molecule has 0 aliphatic heterocycles. The Hall–Kier alpha value is -2.13. The van der Waals surface area contributed by atoms with Gasteiger partial charge in [0.15, 0.2) is 0 Å². The molecule has 0 radical (unpaired) electrons. The summed E-state index contributed by atoms with van der Waals surface area (Å²) in [5, 5.41) is 10.7. The molecule has 0 bridgehead atoms. The van der Waals surface area contributed by atoms with Crippen LogP contribution in [-0.4, -0.2) is 14.7 Å². The average molecular weight is 280 g/mol. The topological polar surface area (TPSA) is 38.0 Å². The van der Waals surface area contributed by atoms with Gasteiger partial charge in [-0.3, -0.25) is 0 Å². The summed E-state index contributed by atoms with van der Waals surface area (Å²) in [7, 11) is 2.02. The second-order valence-corrected chi connectivity index (χ2v) is 5.39. The van der Waals surface area contributed by atoms with E-state index in [1.54, 1.807) is 0 Å². The van der Waals surface area contributed by atoms with Crippen LogP contribution < -0.4 is 0 Å². The van der Waals surface area contributed by atoms with Gasteiger partial charge in [0.1, 0.15) is 5.82 Å². The lowest BCUT2D eigenvalue weighted by atomic mass is 9.92. The minimum absolute atomic E-state index is 0.00944. The Morgan fingerprint density at radius 2 is 1.71 bits per heavy atom. The summed E-state index contributed by atoms with van der Waals surface area (Å²) < 4.78 is 2.09. The number of nitrogens with zero attached hydrogens (tertiary/aromatic N) is 2. The number of benzene rings is 2. The maximum atomic E-state index is 10.7. The molecule has 0 unspecified atom stereocenters. The van der Waals surface area contributed by atoms with Crippen LogP contribution in [0.5, 0.6) is 0 Å². The SMILES string of the molecule is CC[C@@H](c1nc2ccccc2n1C)[C@@H](O)c1ccccc1. The fraction of sp³-hybridized carbons (Fsp3) is 0.278. The maximum absolute atomic E-state index is 10.7. The number of imidazole rings is 1. The third-order valence-corrected chi connectivity index (χ3v) is 4.12. The molecule has 0 amide bonds. The fourth-order valence-electron chi connectivity index (χ4n) is 2.93. The molecule has 108 valence electrons. The molecule has 2 atom stereocenters. The lowest BCUT2D eigenvalue weighted by Crippen LogP contribution is -2.14. The average Bonchev–Trinajstić information content (AvgIpc) is 2.86. The van der Waals surface area contributed by atoms with Crippen LogP contribution in [0, 0.1) is 0 Å². The van der Waals surface area contributed by atoms with Gasteiger partial charge in [0, 0.05) is 13.0 Å². The Morgan fingerprint density at radius 3 is 2.38 bits per heavy atom. The van der Waals surface area contributed by atoms with Crippen molar-refractivity contribution < 1.29 is 5.11 Å². The summed E-state index contributed by atoms with van der Waals surface area (Å²) >= 11 is 0. The van der Waals surface area contributed by atoms with E-state index in [0.717, 1.165) is 28.8 Å². The third-order valence-electron chi connectivity index (χ3n) is 4.12. The first-order valence-corrected chi connectivity index (χ1v) is 7.36. The molecule has 0 saturated heterocycles. The number of rotatable bonds is 4. The van der Waals surface area contributed by atoms with E-state index in [1.807, 2.05) is 55.6 Å². The Balaban J connectivity index is 2.04. The predicted molar refractivity (Wildman–Crippen MR) is 85.1 cm³/mol. The van der Waals surface area contributed by atoms with E-state index < -0.39 is 6.10 Å². The third kappa shape index (κ3) is 2.45. The zero-order valence-corrected chi connectivity index (χ0v) is 12.4. The second kappa shape index (κ2) is 5.70. The molecule has 1 aromatic heterocycles. The van der Waals surface area contributed by atoms with Crippen molar-refractivity contribution in [2.24, 2.45) is 7.05 Å². The van der Waals surface area contributed by atoms with Crippen LogP contribution in [0.4, 0.5) is 0 Å². The quantitative estimate of drug-likeness (QED) is 0.789. The van der Waals surface area contributed by atoms with Crippen molar-refractivity contribution in [2.45, 2.75) is 25.4 Å². The molecule has 1 heterocycles. The largest absolute Gasteiger partial charge is 0.388 e. The van der Waals surface area contributed by atoms with Crippen LogP contribution in [0.1, 0.15) is 36.8 Å². The summed E-state index contributed by atoms with van der Waals surface area (Å²) in [5.74, 6) is 0.930. The normalized spacial score (nSPS) is 14.2. The van der Waals surface area contributed by atoms with Gasteiger partial charge < -0.3 is 9.67 Å². The van der Waals surface area contributed by atoms with Crippen LogP contribution in [0.25, 0.3) is 11.0 Å². The van der Waals surface area contributed by atoms with E-state index in [4.69, 9.17) is 4.98 Å². The van der Waals surface area contributed by atoms with Gasteiger partial charge in [0.05, 0.1) is 17.1 Å². The van der Waals surface area contributed by atoms with E-state index in [-0.39, 0.29) is 5.92 Å². The molecule has 0 fully saturated rings. The Morgan fingerprint density at radius 1 is 1.05 bits per heavy atom. The highest BCUT2D eigenvalue weighted by Crippen LogP contribution is 2.34. The number of hydrogen-bond donors (Lipinski definition) is 1. The lowest BCUT2D eigenvalue weighted by molar-refractivity contribution is 0.137. The highest BCUT2D eigenvalue weighted by Gasteiger charge is 2.25. The monoisotopic (exact) mass is 280 g/mol. The van der Waals surface area contributed by atoms with Gasteiger partial charge in [-0.25, -0.2) is 4.98 Å². The fourth-order valence-corrected chi connectivity index (χ4v) is 2.93. The van der Waals surface area contributed by atoms with Crippen molar-refractivity contribution in [3.8, 4) is 0 Å². The molecule has 0 aliphatic rings. The van der Waals surface area contributed by atoms with E-state index in [2.05, 4.69) is 17.6 Å². The smallest absolute Gasteiger partial charge is 0.115 e. The second-order valence-electron chi connectivity index (χ2n) is 5.39. The van der Waals surface area contributed by atoms with Crippen molar-refractivity contribution in [2.75, 3.05) is 0 Å². The molecule has 3 nitrogen and oxygen atoms in total. The molecule has 0 saturated carbocycles. The minimum atomic E-state index is -0.535. The Kier molecular flexibility index (Phi) is 3.76. The van der Waals surface area contributed by atoms with Crippen molar-refractivity contribution >= 4 is 11.0 Å². The highest BCUT2D eigenvalue weighted by molar-refractivity contribution is 5.75. The number of para-hydroxylation sites is 2. The zero-order chi connectivity index (χ0) is 14.8. The van der Waals surface area contributed by atoms with Gasteiger partial charge in [-0.05, 0) is 24.1 Å². The number of aliphatic hydroxyl groups excluding tert-OH is 1. The lowest BCUT2D eigenvalue weighted by Gasteiger charge is -2.21. The van der Waals surface area contributed by atoms with Crippen LogP contribution in [0.2, 0.25) is 0 Å². The maximum Gasteiger partial charge on any atom is 0.115 e. The molecule has 2 aromatic carbocycles. The molecule has 3 aromatic rings.